The van der Waals surface area contributed by atoms with Gasteiger partial charge in [-0.1, -0.05) is 38.1 Å². The van der Waals surface area contributed by atoms with Gasteiger partial charge in [0.15, 0.2) is 0 Å². The van der Waals surface area contributed by atoms with Crippen LogP contribution in [-0.4, -0.2) is 10.2 Å². The molecule has 1 unspecified atom stereocenters. The number of hydrogen-bond donors (Lipinski definition) is 1. The lowest BCUT2D eigenvalue weighted by atomic mass is 9.89. The van der Waals surface area contributed by atoms with Gasteiger partial charge in [-0.3, -0.25) is 5.10 Å². The molecule has 17 heavy (non-hydrogen) atoms. The summed E-state index contributed by atoms with van der Waals surface area (Å²) in [5, 5.41) is 7.36. The second kappa shape index (κ2) is 4.74. The number of aromatic nitrogens is 2. The van der Waals surface area contributed by atoms with Gasteiger partial charge in [0.2, 0.25) is 0 Å². The molecule has 0 radical (unpaired) electrons. The minimum Gasteiger partial charge on any atom is -0.282 e. The number of nitrogens with one attached hydrogen (secondary N) is 1. The maximum atomic E-state index is 4.29. The fraction of sp³-hybridized carbons (Fsp3) is 0.400. The molecule has 2 rings (SSSR count). The van der Waals surface area contributed by atoms with Crippen LogP contribution in [0.25, 0.3) is 11.1 Å². The van der Waals surface area contributed by atoms with E-state index in [4.69, 9.17) is 0 Å². The molecular formula is C15H20N2. The Hall–Kier alpha value is -1.57. The van der Waals surface area contributed by atoms with Crippen molar-refractivity contribution in [2.45, 2.75) is 40.0 Å². The van der Waals surface area contributed by atoms with Crippen LogP contribution in [0.1, 0.15) is 43.1 Å². The summed E-state index contributed by atoms with van der Waals surface area (Å²) in [6.45, 7) is 8.66. The lowest BCUT2D eigenvalue weighted by Crippen LogP contribution is -1.96. The SMILES string of the molecule is CCC(C)c1ccccc1-c1c(C)n[nH]c1C. The van der Waals surface area contributed by atoms with E-state index in [-0.39, 0.29) is 0 Å². The van der Waals surface area contributed by atoms with Crippen molar-refractivity contribution in [2.75, 3.05) is 0 Å². The fourth-order valence-corrected chi connectivity index (χ4v) is 2.32. The number of nitrogens with zero attached hydrogens (tertiary/aromatic N) is 1. The van der Waals surface area contributed by atoms with Crippen molar-refractivity contribution in [3.05, 3.63) is 41.2 Å². The second-order valence-corrected chi connectivity index (χ2v) is 4.71. The molecule has 0 aliphatic rings. The van der Waals surface area contributed by atoms with Crippen LogP contribution in [-0.2, 0) is 0 Å². The van der Waals surface area contributed by atoms with Crippen LogP contribution in [0.15, 0.2) is 24.3 Å². The fourth-order valence-electron chi connectivity index (χ4n) is 2.32. The number of aromatic amines is 1. The van der Waals surface area contributed by atoms with E-state index in [2.05, 4.69) is 62.2 Å². The molecular weight excluding hydrogens is 208 g/mol. The third-order valence-electron chi connectivity index (χ3n) is 3.50. The number of aryl methyl sites for hydroxylation is 2. The smallest absolute Gasteiger partial charge is 0.0672 e. The molecule has 0 saturated carbocycles. The van der Waals surface area contributed by atoms with Crippen molar-refractivity contribution in [1.82, 2.24) is 10.2 Å². The monoisotopic (exact) mass is 228 g/mol. The van der Waals surface area contributed by atoms with E-state index < -0.39 is 0 Å². The van der Waals surface area contributed by atoms with Gasteiger partial charge in [-0.15, -0.1) is 0 Å². The van der Waals surface area contributed by atoms with E-state index in [9.17, 15) is 0 Å². The molecule has 0 amide bonds. The van der Waals surface area contributed by atoms with Gasteiger partial charge in [-0.25, -0.2) is 0 Å². The van der Waals surface area contributed by atoms with Gasteiger partial charge in [0.1, 0.15) is 0 Å². The minimum absolute atomic E-state index is 0.583. The Bertz CT molecular complexity index is 492. The Kier molecular flexibility index (Phi) is 3.32. The summed E-state index contributed by atoms with van der Waals surface area (Å²) in [5.74, 6) is 0.583. The molecule has 2 aromatic rings. The van der Waals surface area contributed by atoms with Crippen molar-refractivity contribution in [1.29, 1.82) is 0 Å². The predicted octanol–water partition coefficient (Wildman–Crippen LogP) is 4.21. The van der Waals surface area contributed by atoms with Crippen LogP contribution < -0.4 is 0 Å². The maximum absolute atomic E-state index is 4.29. The summed E-state index contributed by atoms with van der Waals surface area (Å²) < 4.78 is 0. The zero-order valence-corrected chi connectivity index (χ0v) is 11.0. The highest BCUT2D eigenvalue weighted by atomic mass is 15.1. The first kappa shape index (κ1) is 11.9. The molecule has 90 valence electrons. The third kappa shape index (κ3) is 2.12. The minimum atomic E-state index is 0.583. The molecule has 1 aromatic heterocycles. The zero-order chi connectivity index (χ0) is 12.4. The van der Waals surface area contributed by atoms with Crippen LogP contribution in [0.3, 0.4) is 0 Å². The van der Waals surface area contributed by atoms with E-state index in [1.165, 1.54) is 16.7 Å². The maximum Gasteiger partial charge on any atom is 0.0672 e. The van der Waals surface area contributed by atoms with Gasteiger partial charge >= 0.3 is 0 Å². The van der Waals surface area contributed by atoms with Crippen molar-refractivity contribution in [3.8, 4) is 11.1 Å². The highest BCUT2D eigenvalue weighted by Gasteiger charge is 2.15. The molecule has 0 saturated heterocycles. The zero-order valence-electron chi connectivity index (χ0n) is 11.0. The van der Waals surface area contributed by atoms with E-state index in [1.807, 2.05) is 0 Å². The second-order valence-electron chi connectivity index (χ2n) is 4.71. The molecule has 2 heteroatoms. The van der Waals surface area contributed by atoms with E-state index in [0.29, 0.717) is 5.92 Å². The first-order valence-corrected chi connectivity index (χ1v) is 6.26. The van der Waals surface area contributed by atoms with Crippen LogP contribution in [0.2, 0.25) is 0 Å². The Morgan fingerprint density at radius 2 is 1.94 bits per heavy atom. The summed E-state index contributed by atoms with van der Waals surface area (Å²) >= 11 is 0. The normalized spacial score (nSPS) is 12.7. The molecule has 0 fully saturated rings. The van der Waals surface area contributed by atoms with Crippen LogP contribution in [0.5, 0.6) is 0 Å². The van der Waals surface area contributed by atoms with Gasteiger partial charge < -0.3 is 0 Å². The summed E-state index contributed by atoms with van der Waals surface area (Å²) in [7, 11) is 0. The molecule has 1 aromatic carbocycles. The molecule has 0 aliphatic carbocycles. The summed E-state index contributed by atoms with van der Waals surface area (Å²) in [4.78, 5) is 0. The standard InChI is InChI=1S/C15H20N2/c1-5-10(2)13-8-6-7-9-14(13)15-11(3)16-17-12(15)4/h6-10H,5H2,1-4H3,(H,16,17). The lowest BCUT2D eigenvalue weighted by molar-refractivity contribution is 0.735. The number of H-pyrrole nitrogens is 1. The van der Waals surface area contributed by atoms with Crippen molar-refractivity contribution in [2.24, 2.45) is 0 Å². The van der Waals surface area contributed by atoms with Crippen molar-refractivity contribution in [3.63, 3.8) is 0 Å². The number of hydrogen-bond acceptors (Lipinski definition) is 1. The van der Waals surface area contributed by atoms with Gasteiger partial charge in [0, 0.05) is 11.3 Å². The summed E-state index contributed by atoms with van der Waals surface area (Å²) in [6, 6.07) is 8.66. The Labute approximate surface area is 103 Å². The van der Waals surface area contributed by atoms with Crippen LogP contribution >= 0.6 is 0 Å². The first-order valence-electron chi connectivity index (χ1n) is 6.26. The number of benzene rings is 1. The van der Waals surface area contributed by atoms with Gasteiger partial charge in [0.05, 0.1) is 5.69 Å². The highest BCUT2D eigenvalue weighted by molar-refractivity contribution is 5.72. The first-order chi connectivity index (χ1) is 8.15. The average molecular weight is 228 g/mol. The van der Waals surface area contributed by atoms with Gasteiger partial charge in [-0.05, 0) is 37.3 Å². The largest absolute Gasteiger partial charge is 0.282 e. The van der Waals surface area contributed by atoms with Crippen LogP contribution in [0, 0.1) is 13.8 Å². The highest BCUT2D eigenvalue weighted by Crippen LogP contribution is 2.33. The van der Waals surface area contributed by atoms with E-state index in [1.54, 1.807) is 0 Å². The molecule has 1 heterocycles. The molecule has 1 atom stereocenters. The third-order valence-corrected chi connectivity index (χ3v) is 3.50. The Morgan fingerprint density at radius 1 is 1.24 bits per heavy atom. The summed E-state index contributed by atoms with van der Waals surface area (Å²) in [5.41, 5.74) is 6.24. The number of rotatable bonds is 3. The molecule has 0 bridgehead atoms. The Balaban J connectivity index is 2.60. The van der Waals surface area contributed by atoms with Gasteiger partial charge in [-0.2, -0.15) is 5.10 Å². The Morgan fingerprint density at radius 3 is 2.53 bits per heavy atom. The average Bonchev–Trinajstić information content (AvgIpc) is 2.68. The molecule has 0 aliphatic heterocycles. The molecule has 0 spiro atoms. The quantitative estimate of drug-likeness (QED) is 0.837. The molecule has 2 nitrogen and oxygen atoms in total. The van der Waals surface area contributed by atoms with Crippen molar-refractivity contribution >= 4 is 0 Å². The lowest BCUT2D eigenvalue weighted by Gasteiger charge is -2.15. The molecule has 1 N–H and O–H groups in total. The van der Waals surface area contributed by atoms with E-state index in [0.717, 1.165) is 17.8 Å². The van der Waals surface area contributed by atoms with Crippen LogP contribution in [0.4, 0.5) is 0 Å². The summed E-state index contributed by atoms with van der Waals surface area (Å²) in [6.07, 6.45) is 1.16. The van der Waals surface area contributed by atoms with Gasteiger partial charge in [0.25, 0.3) is 0 Å². The predicted molar refractivity (Wildman–Crippen MR) is 72.2 cm³/mol. The van der Waals surface area contributed by atoms with Crippen molar-refractivity contribution < 1.29 is 0 Å². The van der Waals surface area contributed by atoms with E-state index >= 15 is 0 Å². The topological polar surface area (TPSA) is 28.7 Å².